The molecule has 0 aliphatic carbocycles. The lowest BCUT2D eigenvalue weighted by Gasteiger charge is -2.45. The predicted molar refractivity (Wildman–Crippen MR) is 90.1 cm³/mol. The van der Waals surface area contributed by atoms with E-state index in [1.165, 1.54) is 0 Å². The van der Waals surface area contributed by atoms with Crippen LogP contribution in [0.5, 0.6) is 0 Å². The molecule has 6 heteroatoms. The molecular formula is C18H25N3O3. The summed E-state index contributed by atoms with van der Waals surface area (Å²) in [6.45, 7) is 4.18. The van der Waals surface area contributed by atoms with Crippen LogP contribution in [-0.2, 0) is 6.54 Å². The van der Waals surface area contributed by atoms with Crippen molar-refractivity contribution in [1.29, 1.82) is 0 Å². The molecule has 2 N–H and O–H groups in total. The van der Waals surface area contributed by atoms with Crippen molar-refractivity contribution in [1.82, 2.24) is 15.0 Å². The molecule has 1 saturated heterocycles. The van der Waals surface area contributed by atoms with Gasteiger partial charge < -0.3 is 14.7 Å². The molecule has 0 aromatic carbocycles. The van der Waals surface area contributed by atoms with Gasteiger partial charge in [-0.05, 0) is 25.0 Å². The minimum absolute atomic E-state index is 0.00977. The van der Waals surface area contributed by atoms with Crippen LogP contribution in [-0.4, -0.2) is 51.1 Å². The molecule has 2 aromatic heterocycles. The third-order valence-electron chi connectivity index (χ3n) is 4.92. The van der Waals surface area contributed by atoms with Crippen molar-refractivity contribution < 1.29 is 14.7 Å². The number of aromatic nitrogens is 2. The number of hydrogen-bond acceptors (Lipinski definition) is 6. The molecule has 0 unspecified atom stereocenters. The topological polar surface area (TPSA) is 82.6 Å². The monoisotopic (exact) mass is 331 g/mol. The molecule has 3 rings (SSSR count). The Kier molecular flexibility index (Phi) is 5.28. The van der Waals surface area contributed by atoms with Crippen molar-refractivity contribution in [2.45, 2.75) is 38.8 Å². The fourth-order valence-electron chi connectivity index (χ4n) is 3.61. The van der Waals surface area contributed by atoms with Gasteiger partial charge >= 0.3 is 0 Å². The summed E-state index contributed by atoms with van der Waals surface area (Å²) in [5.74, 6) is 0.786. The largest absolute Gasteiger partial charge is 0.396 e. The summed E-state index contributed by atoms with van der Waals surface area (Å²) in [6.07, 6.45) is 5.48. The van der Waals surface area contributed by atoms with E-state index < -0.39 is 11.5 Å². The zero-order chi connectivity index (χ0) is 17.0. The van der Waals surface area contributed by atoms with Gasteiger partial charge in [0.25, 0.3) is 0 Å². The maximum absolute atomic E-state index is 10.4. The maximum Gasteiger partial charge on any atom is 0.151 e. The Bertz CT molecular complexity index is 646. The molecule has 0 radical (unpaired) electrons. The molecule has 1 aliphatic heterocycles. The second-order valence-electron chi connectivity index (χ2n) is 6.71. The normalized spacial score (nSPS) is 25.0. The lowest BCUT2D eigenvalue weighted by atomic mass is 9.74. The lowest BCUT2D eigenvalue weighted by molar-refractivity contribution is -0.0832. The molecule has 130 valence electrons. The Balaban J connectivity index is 1.69. The first-order valence-electron chi connectivity index (χ1n) is 8.54. The van der Waals surface area contributed by atoms with Crippen LogP contribution in [0.25, 0.3) is 11.3 Å². The van der Waals surface area contributed by atoms with E-state index in [-0.39, 0.29) is 6.61 Å². The molecule has 6 nitrogen and oxygen atoms in total. The first kappa shape index (κ1) is 17.1. The Morgan fingerprint density at radius 1 is 1.46 bits per heavy atom. The van der Waals surface area contributed by atoms with E-state index in [2.05, 4.69) is 22.0 Å². The highest BCUT2D eigenvalue weighted by atomic mass is 16.5. The fraction of sp³-hybridized carbons (Fsp3) is 0.556. The molecule has 3 heterocycles. The molecule has 1 aliphatic rings. The van der Waals surface area contributed by atoms with Crippen LogP contribution in [0.4, 0.5) is 0 Å². The second kappa shape index (κ2) is 7.42. The van der Waals surface area contributed by atoms with E-state index in [9.17, 15) is 10.2 Å². The van der Waals surface area contributed by atoms with Crippen LogP contribution in [0.1, 0.15) is 31.9 Å². The van der Waals surface area contributed by atoms with Crippen LogP contribution in [0.3, 0.4) is 0 Å². The highest BCUT2D eigenvalue weighted by Crippen LogP contribution is 2.35. The molecule has 2 aromatic rings. The first-order valence-corrected chi connectivity index (χ1v) is 8.54. The van der Waals surface area contributed by atoms with Crippen LogP contribution in [0.15, 0.2) is 35.1 Å². The quantitative estimate of drug-likeness (QED) is 0.843. The standard InChI is InChI=1S/C18H25N3O3/c1-2-6-18(13-22)12-21(8-5-17(18)23)11-15-9-16(20-24-15)14-4-3-7-19-10-14/h3-4,7,9-10,17,22-23H,2,5-6,8,11-13H2,1H3/t17-,18-/m0/s1. The summed E-state index contributed by atoms with van der Waals surface area (Å²) in [6, 6.07) is 5.75. The molecule has 24 heavy (non-hydrogen) atoms. The highest BCUT2D eigenvalue weighted by molar-refractivity contribution is 5.57. The third kappa shape index (κ3) is 3.50. The van der Waals surface area contributed by atoms with E-state index in [1.807, 2.05) is 18.2 Å². The minimum Gasteiger partial charge on any atom is -0.396 e. The van der Waals surface area contributed by atoms with E-state index >= 15 is 0 Å². The van der Waals surface area contributed by atoms with E-state index in [1.54, 1.807) is 12.4 Å². The molecule has 0 spiro atoms. The number of rotatable bonds is 6. The number of pyridine rings is 1. The zero-order valence-corrected chi connectivity index (χ0v) is 14.1. The predicted octanol–water partition coefficient (Wildman–Crippen LogP) is 2.08. The van der Waals surface area contributed by atoms with Crippen molar-refractivity contribution in [3.63, 3.8) is 0 Å². The maximum atomic E-state index is 10.4. The molecule has 0 amide bonds. The highest BCUT2D eigenvalue weighted by Gasteiger charge is 2.41. The minimum atomic E-state index is -0.445. The van der Waals surface area contributed by atoms with E-state index in [0.29, 0.717) is 19.5 Å². The van der Waals surface area contributed by atoms with Crippen LogP contribution in [0.2, 0.25) is 0 Å². The van der Waals surface area contributed by atoms with Gasteiger partial charge in [0.1, 0.15) is 5.69 Å². The smallest absolute Gasteiger partial charge is 0.151 e. The Hall–Kier alpha value is -1.76. The number of nitrogens with zero attached hydrogens (tertiary/aromatic N) is 3. The number of hydrogen-bond donors (Lipinski definition) is 2. The molecule has 0 saturated carbocycles. The Labute approximate surface area is 142 Å². The van der Waals surface area contributed by atoms with Gasteiger partial charge in [0, 0.05) is 42.5 Å². The Morgan fingerprint density at radius 2 is 2.33 bits per heavy atom. The molecule has 1 fully saturated rings. The first-order chi connectivity index (χ1) is 11.7. The number of likely N-dealkylation sites (tertiary alicyclic amines) is 1. The van der Waals surface area contributed by atoms with Crippen molar-refractivity contribution >= 4 is 0 Å². The summed E-state index contributed by atoms with van der Waals surface area (Å²) in [5, 5.41) is 24.3. The fourth-order valence-corrected chi connectivity index (χ4v) is 3.61. The van der Waals surface area contributed by atoms with E-state index in [0.717, 1.165) is 36.4 Å². The molecular weight excluding hydrogens is 306 g/mol. The van der Waals surface area contributed by atoms with Crippen LogP contribution < -0.4 is 0 Å². The summed E-state index contributed by atoms with van der Waals surface area (Å²) < 4.78 is 5.47. The van der Waals surface area contributed by atoms with E-state index in [4.69, 9.17) is 4.52 Å². The average molecular weight is 331 g/mol. The van der Waals surface area contributed by atoms with Gasteiger partial charge in [-0.1, -0.05) is 18.5 Å². The summed E-state index contributed by atoms with van der Waals surface area (Å²) in [7, 11) is 0. The summed E-state index contributed by atoms with van der Waals surface area (Å²) in [4.78, 5) is 6.33. The van der Waals surface area contributed by atoms with Crippen molar-refractivity contribution in [2.24, 2.45) is 5.41 Å². The van der Waals surface area contributed by atoms with Crippen LogP contribution in [0, 0.1) is 5.41 Å². The van der Waals surface area contributed by atoms with Gasteiger partial charge in [-0.15, -0.1) is 0 Å². The Morgan fingerprint density at radius 3 is 3.04 bits per heavy atom. The van der Waals surface area contributed by atoms with Gasteiger partial charge in [0.2, 0.25) is 0 Å². The molecule has 0 bridgehead atoms. The van der Waals surface area contributed by atoms with Crippen molar-refractivity contribution in [3.8, 4) is 11.3 Å². The van der Waals surface area contributed by atoms with Gasteiger partial charge in [0.15, 0.2) is 5.76 Å². The number of piperidine rings is 1. The van der Waals surface area contributed by atoms with Gasteiger partial charge in [-0.25, -0.2) is 0 Å². The number of aliphatic hydroxyl groups excluding tert-OH is 2. The SMILES string of the molecule is CCC[C@@]1(CO)CN(Cc2cc(-c3cccnc3)no2)CC[C@@H]1O. The van der Waals surface area contributed by atoms with Gasteiger partial charge in [-0.2, -0.15) is 0 Å². The van der Waals surface area contributed by atoms with Crippen molar-refractivity contribution in [2.75, 3.05) is 19.7 Å². The third-order valence-corrected chi connectivity index (χ3v) is 4.92. The van der Waals surface area contributed by atoms with Crippen molar-refractivity contribution in [3.05, 3.63) is 36.4 Å². The van der Waals surface area contributed by atoms with Gasteiger partial charge in [-0.3, -0.25) is 9.88 Å². The number of aliphatic hydroxyl groups is 2. The van der Waals surface area contributed by atoms with Crippen LogP contribution >= 0.6 is 0 Å². The summed E-state index contributed by atoms with van der Waals surface area (Å²) in [5.41, 5.74) is 1.27. The lowest BCUT2D eigenvalue weighted by Crippen LogP contribution is -2.53. The average Bonchev–Trinajstić information content (AvgIpc) is 3.07. The summed E-state index contributed by atoms with van der Waals surface area (Å²) >= 11 is 0. The second-order valence-corrected chi connectivity index (χ2v) is 6.71. The molecule has 2 atom stereocenters. The zero-order valence-electron chi connectivity index (χ0n) is 14.1. The van der Waals surface area contributed by atoms with Gasteiger partial charge in [0.05, 0.1) is 19.3 Å².